The lowest BCUT2D eigenvalue weighted by atomic mass is 9.55. The Bertz CT molecular complexity index is 1990. The van der Waals surface area contributed by atoms with Gasteiger partial charge in [-0.15, -0.1) is 6.58 Å². The van der Waals surface area contributed by atoms with Crippen molar-refractivity contribution in [3.8, 4) is 17.6 Å². The zero-order valence-corrected chi connectivity index (χ0v) is 41.2. The van der Waals surface area contributed by atoms with Crippen LogP contribution in [0.2, 0.25) is 0 Å². The molecular formula is C55H80N4O8. The van der Waals surface area contributed by atoms with Crippen LogP contribution in [-0.2, 0) is 9.57 Å². The minimum atomic E-state index is -1.43. The number of aliphatic hydroxyl groups excluding tert-OH is 2. The normalized spacial score (nSPS) is 22.4. The van der Waals surface area contributed by atoms with Gasteiger partial charge in [0.25, 0.3) is 5.91 Å². The van der Waals surface area contributed by atoms with Crippen LogP contribution in [-0.4, -0.2) is 83.2 Å². The second kappa shape index (κ2) is 26.7. The van der Waals surface area contributed by atoms with Crippen molar-refractivity contribution in [2.45, 2.75) is 174 Å². The summed E-state index contributed by atoms with van der Waals surface area (Å²) in [5.41, 5.74) is 2.78. The number of nitrogens with one attached hydrogen (secondary N) is 1. The van der Waals surface area contributed by atoms with Crippen LogP contribution in [0, 0.1) is 29.1 Å². The molecule has 12 heteroatoms. The monoisotopic (exact) mass is 925 g/mol. The average Bonchev–Trinajstić information content (AvgIpc) is 3.32. The van der Waals surface area contributed by atoms with Crippen LogP contribution < -0.4 is 14.8 Å². The molecule has 0 aromatic heterocycles. The molecule has 0 bridgehead atoms. The van der Waals surface area contributed by atoms with E-state index in [0.717, 1.165) is 56.1 Å². The van der Waals surface area contributed by atoms with E-state index in [2.05, 4.69) is 31.0 Å². The number of aliphatic hydroxyl groups is 2. The van der Waals surface area contributed by atoms with E-state index < -0.39 is 29.4 Å². The smallest absolute Gasteiger partial charge is 0.412 e. The molecule has 2 aromatic carbocycles. The van der Waals surface area contributed by atoms with Crippen molar-refractivity contribution in [1.29, 1.82) is 5.26 Å². The summed E-state index contributed by atoms with van der Waals surface area (Å²) in [7, 11) is 0. The van der Waals surface area contributed by atoms with Gasteiger partial charge >= 0.3 is 6.09 Å². The number of allylic oxidation sites excluding steroid dienone is 1. The number of carbonyl (C=O) groups is 2. The highest BCUT2D eigenvalue weighted by Gasteiger charge is 2.65. The van der Waals surface area contributed by atoms with Crippen molar-refractivity contribution in [2.75, 3.05) is 32.9 Å². The fourth-order valence-electron chi connectivity index (χ4n) is 10.3. The first-order chi connectivity index (χ1) is 32.4. The molecule has 0 radical (unpaired) electrons. The van der Waals surface area contributed by atoms with Crippen molar-refractivity contribution < 1.29 is 38.9 Å². The molecule has 2 amide bonds. The highest BCUT2D eigenvalue weighted by atomic mass is 16.7. The Hall–Kier alpha value is -4.70. The molecule has 3 aliphatic rings. The lowest BCUT2D eigenvalue weighted by Gasteiger charge is -2.60. The number of fused-ring (bicyclic) bond motifs is 2. The molecule has 1 aliphatic heterocycles. The average molecular weight is 925 g/mol. The van der Waals surface area contributed by atoms with E-state index >= 15 is 0 Å². The first-order valence-corrected chi connectivity index (χ1v) is 25.5. The predicted molar refractivity (Wildman–Crippen MR) is 264 cm³/mol. The third kappa shape index (κ3) is 14.4. The first kappa shape index (κ1) is 53.3. The molecule has 0 unspecified atom stereocenters. The van der Waals surface area contributed by atoms with Crippen LogP contribution in [0.4, 0.5) is 4.79 Å². The molecule has 2 aliphatic carbocycles. The van der Waals surface area contributed by atoms with E-state index in [1.165, 1.54) is 44.9 Å². The lowest BCUT2D eigenvalue weighted by molar-refractivity contribution is -0.254. The van der Waals surface area contributed by atoms with Crippen molar-refractivity contribution >= 4 is 17.7 Å². The van der Waals surface area contributed by atoms with Crippen LogP contribution >= 0.6 is 0 Å². The van der Waals surface area contributed by atoms with Gasteiger partial charge in [-0.3, -0.25) is 4.79 Å². The molecule has 3 N–H and O–H groups in total. The Balaban J connectivity index is 1.59. The number of nitriles is 1. The third-order valence-electron chi connectivity index (χ3n) is 13.4. The molecule has 1 fully saturated rings. The van der Waals surface area contributed by atoms with Crippen LogP contribution in [0.3, 0.4) is 0 Å². The maximum absolute atomic E-state index is 14.9. The zero-order chi connectivity index (χ0) is 48.2. The Morgan fingerprint density at radius 2 is 1.60 bits per heavy atom. The molecule has 67 heavy (non-hydrogen) atoms. The molecule has 2 aromatic rings. The van der Waals surface area contributed by atoms with Gasteiger partial charge in [0.05, 0.1) is 29.9 Å². The number of oxime groups is 1. The molecule has 1 heterocycles. The summed E-state index contributed by atoms with van der Waals surface area (Å²) in [5, 5.41) is 37.4. The number of rotatable bonds is 28. The number of carbonyl (C=O) groups excluding carboxylic acids is 2. The maximum atomic E-state index is 14.9. The minimum absolute atomic E-state index is 0.00570. The quantitative estimate of drug-likeness (QED) is 0.0428. The Labute approximate surface area is 401 Å². The zero-order valence-electron chi connectivity index (χ0n) is 41.2. The van der Waals surface area contributed by atoms with Crippen molar-refractivity contribution in [3.05, 3.63) is 83.5 Å². The van der Waals surface area contributed by atoms with E-state index in [1.54, 1.807) is 36.4 Å². The van der Waals surface area contributed by atoms with Gasteiger partial charge in [0.2, 0.25) is 5.79 Å². The maximum Gasteiger partial charge on any atom is 0.412 e. The van der Waals surface area contributed by atoms with Gasteiger partial charge in [-0.25, -0.2) is 4.79 Å². The summed E-state index contributed by atoms with van der Waals surface area (Å²) in [6.45, 7) is 15.4. The second-order valence-corrected chi connectivity index (χ2v) is 19.7. The first-order valence-electron chi connectivity index (χ1n) is 25.5. The number of ether oxygens (including phenoxy) is 3. The fourth-order valence-corrected chi connectivity index (χ4v) is 10.3. The molecule has 0 spiro atoms. The van der Waals surface area contributed by atoms with Crippen LogP contribution in [0.25, 0.3) is 0 Å². The number of hydrogen-bond donors (Lipinski definition) is 3. The fraction of sp³-hybridized carbons (Fsp3) is 0.636. The Morgan fingerprint density at radius 1 is 0.925 bits per heavy atom. The number of hydrogen-bond acceptors (Lipinski definition) is 10. The molecule has 6 atom stereocenters. The van der Waals surface area contributed by atoms with Crippen molar-refractivity contribution in [3.63, 3.8) is 0 Å². The molecular weight excluding hydrogens is 845 g/mol. The summed E-state index contributed by atoms with van der Waals surface area (Å²) in [6.07, 6.45) is 21.0. The number of benzene rings is 2. The van der Waals surface area contributed by atoms with Crippen molar-refractivity contribution in [2.24, 2.45) is 22.9 Å². The van der Waals surface area contributed by atoms with Crippen molar-refractivity contribution in [1.82, 2.24) is 10.2 Å². The third-order valence-corrected chi connectivity index (χ3v) is 13.4. The largest absolute Gasteiger partial charge is 0.459 e. The van der Waals surface area contributed by atoms with E-state index in [9.17, 15) is 25.1 Å². The topological polar surface area (TPSA) is 163 Å². The molecule has 1 saturated carbocycles. The highest BCUT2D eigenvalue weighted by Crippen LogP contribution is 2.62. The van der Waals surface area contributed by atoms with E-state index in [1.807, 2.05) is 44.7 Å². The van der Waals surface area contributed by atoms with Gasteiger partial charge in [-0.2, -0.15) is 5.26 Å². The summed E-state index contributed by atoms with van der Waals surface area (Å²) >= 11 is 0. The lowest BCUT2D eigenvalue weighted by Crippen LogP contribution is -2.70. The van der Waals surface area contributed by atoms with Gasteiger partial charge in [-0.05, 0) is 119 Å². The number of unbranched alkanes of at least 4 members (excludes halogenated alkanes) is 11. The van der Waals surface area contributed by atoms with Gasteiger partial charge < -0.3 is 39.5 Å². The molecule has 5 rings (SSSR count). The highest BCUT2D eigenvalue weighted by molar-refractivity contribution is 6.03. The van der Waals surface area contributed by atoms with E-state index in [0.29, 0.717) is 60.7 Å². The van der Waals surface area contributed by atoms with Gasteiger partial charge in [0.1, 0.15) is 23.1 Å². The predicted octanol–water partition coefficient (Wildman–Crippen LogP) is 11.6. The summed E-state index contributed by atoms with van der Waals surface area (Å²) in [5.74, 6) is -1.43. The van der Waals surface area contributed by atoms with Crippen LogP contribution in [0.15, 0.2) is 71.9 Å². The number of nitrogens with zero attached hydrogens (tertiary/aromatic N) is 3. The van der Waals surface area contributed by atoms with Gasteiger partial charge in [-0.1, -0.05) is 102 Å². The van der Waals surface area contributed by atoms with Crippen LogP contribution in [0.5, 0.6) is 11.5 Å². The summed E-state index contributed by atoms with van der Waals surface area (Å²) in [4.78, 5) is 36.4. The molecule has 12 nitrogen and oxygen atoms in total. The summed E-state index contributed by atoms with van der Waals surface area (Å²) < 4.78 is 20.5. The number of amides is 2. The van der Waals surface area contributed by atoms with Crippen LogP contribution in [0.1, 0.15) is 178 Å². The van der Waals surface area contributed by atoms with Gasteiger partial charge in [0, 0.05) is 49.8 Å². The molecule has 0 saturated heterocycles. The van der Waals surface area contributed by atoms with Gasteiger partial charge in [0.15, 0.2) is 0 Å². The standard InChI is InChI=1S/C55H80N4O8/c1-7-10-11-12-13-14-15-16-17-20-31-57-53(63)65-43-29-30-48-46(37-43)50-44(24-19-22-34-61)42(23-18-21-33-60)36-45-47(58-67-54(4,5)6)38-49(55(66-48,51(45)50)64-35-9-3)59(32-8-2)52(62)41-27-25-40(39-56)26-28-41/h9,25-30,36-37,42,44,49-51,60-61H,3,7-8,10-24,31-35,38H2,1-2,4-6H3,(H,57,63)/t42-,44+,49-,50+,51+,55+/m0/s1. The van der Waals surface area contributed by atoms with E-state index in [4.69, 9.17) is 24.2 Å². The Kier molecular flexibility index (Phi) is 21.3. The minimum Gasteiger partial charge on any atom is -0.459 e. The SMILES string of the molecule is C=CCO[C@@]12Oc3ccc(OC(=O)NCCCCCCCCCCCC)cc3[C@H]3[C@H](CCCCO)[C@@H](CCCCO)C=C(C(=NOC(C)(C)C)C[C@@H]1N(CCC)C(=O)c1ccc(C#N)cc1)[C@H]32. The molecule has 368 valence electrons. The second-order valence-electron chi connectivity index (χ2n) is 19.7. The van der Waals surface area contributed by atoms with E-state index in [-0.39, 0.29) is 49.9 Å². The Morgan fingerprint density at radius 3 is 2.22 bits per heavy atom. The summed E-state index contributed by atoms with van der Waals surface area (Å²) in [6, 6.07) is 13.7.